The van der Waals surface area contributed by atoms with Crippen molar-refractivity contribution in [2.75, 3.05) is 25.0 Å². The molecule has 0 aliphatic carbocycles. The largest absolute Gasteiger partial charge is 0.369 e. The number of rotatable bonds is 5. The predicted molar refractivity (Wildman–Crippen MR) is 80.9 cm³/mol. The number of nitrogens with one attached hydrogen (secondary N) is 2. The molecule has 5 heteroatoms. The molecule has 5 nitrogen and oxygen atoms in total. The van der Waals surface area contributed by atoms with Gasteiger partial charge in [-0.1, -0.05) is 0 Å². The third-order valence-electron chi connectivity index (χ3n) is 3.84. The first-order valence-electron chi connectivity index (χ1n) is 7.30. The number of anilines is 1. The molecule has 2 heterocycles. The Kier molecular flexibility index (Phi) is 4.95. The van der Waals surface area contributed by atoms with Crippen molar-refractivity contribution in [1.82, 2.24) is 10.3 Å². The highest BCUT2D eigenvalue weighted by atomic mass is 16.1. The minimum absolute atomic E-state index is 0.420. The van der Waals surface area contributed by atoms with Gasteiger partial charge in [-0.15, -0.1) is 0 Å². The molecule has 0 bridgehead atoms. The van der Waals surface area contributed by atoms with Crippen LogP contribution in [-0.4, -0.2) is 30.5 Å². The zero-order chi connectivity index (χ0) is 14.5. The molecule has 1 fully saturated rings. The third-order valence-corrected chi connectivity index (χ3v) is 3.84. The molecule has 1 aromatic heterocycles. The van der Waals surface area contributed by atoms with Gasteiger partial charge in [0.2, 0.25) is 0 Å². The predicted octanol–water partition coefficient (Wildman–Crippen LogP) is 1.60. The second kappa shape index (κ2) is 6.70. The molecule has 20 heavy (non-hydrogen) atoms. The first kappa shape index (κ1) is 14.8. The van der Waals surface area contributed by atoms with Gasteiger partial charge in [0.05, 0.1) is 5.56 Å². The number of carbonyl (C=O) groups is 1. The Morgan fingerprint density at radius 1 is 1.55 bits per heavy atom. The number of primary amides is 1. The second-order valence-electron chi connectivity index (χ2n) is 5.60. The molecule has 0 aromatic carbocycles. The van der Waals surface area contributed by atoms with Crippen LogP contribution in [0.3, 0.4) is 0 Å². The van der Waals surface area contributed by atoms with Gasteiger partial charge < -0.3 is 16.4 Å². The van der Waals surface area contributed by atoms with Crippen molar-refractivity contribution in [3.8, 4) is 0 Å². The Balaban J connectivity index is 1.99. The Bertz CT molecular complexity index is 481. The number of amides is 1. The monoisotopic (exact) mass is 276 g/mol. The Hall–Kier alpha value is -1.62. The number of carbonyl (C=O) groups excluding carboxylic acids is 1. The van der Waals surface area contributed by atoms with Crippen molar-refractivity contribution < 1.29 is 4.79 Å². The van der Waals surface area contributed by atoms with E-state index >= 15 is 0 Å². The number of aromatic nitrogens is 1. The molecule has 1 amide bonds. The lowest BCUT2D eigenvalue weighted by Crippen LogP contribution is -2.31. The smallest absolute Gasteiger partial charge is 0.252 e. The summed E-state index contributed by atoms with van der Waals surface area (Å²) in [5, 5.41) is 6.70. The summed E-state index contributed by atoms with van der Waals surface area (Å²) in [5.74, 6) is 0.912. The van der Waals surface area contributed by atoms with Gasteiger partial charge in [-0.3, -0.25) is 4.79 Å². The van der Waals surface area contributed by atoms with Crippen LogP contribution >= 0.6 is 0 Å². The van der Waals surface area contributed by atoms with Gasteiger partial charge in [0.15, 0.2) is 0 Å². The lowest BCUT2D eigenvalue weighted by Gasteiger charge is -2.23. The van der Waals surface area contributed by atoms with E-state index in [-0.39, 0.29) is 0 Å². The van der Waals surface area contributed by atoms with Crippen LogP contribution in [0.4, 0.5) is 5.82 Å². The van der Waals surface area contributed by atoms with Crippen molar-refractivity contribution in [2.24, 2.45) is 11.7 Å². The Labute approximate surface area is 120 Å². The van der Waals surface area contributed by atoms with E-state index in [1.165, 1.54) is 12.8 Å². The molecule has 0 saturated carbocycles. The summed E-state index contributed by atoms with van der Waals surface area (Å²) in [6, 6.07) is 1.89. The second-order valence-corrected chi connectivity index (χ2v) is 5.60. The maximum atomic E-state index is 11.6. The molecule has 0 radical (unpaired) electrons. The van der Waals surface area contributed by atoms with Crippen molar-refractivity contribution >= 4 is 11.7 Å². The molecule has 1 aliphatic heterocycles. The lowest BCUT2D eigenvalue weighted by molar-refractivity contribution is 0.1000. The zero-order valence-corrected chi connectivity index (χ0v) is 12.3. The summed E-state index contributed by atoms with van der Waals surface area (Å²) in [5.41, 5.74) is 7.74. The minimum atomic E-state index is -0.420. The van der Waals surface area contributed by atoms with E-state index in [0.29, 0.717) is 17.3 Å². The normalized spacial score (nSPS) is 18.8. The summed E-state index contributed by atoms with van der Waals surface area (Å²) in [6.45, 7) is 6.86. The van der Waals surface area contributed by atoms with Gasteiger partial charge >= 0.3 is 0 Å². The molecule has 1 saturated heterocycles. The van der Waals surface area contributed by atoms with E-state index < -0.39 is 5.91 Å². The molecule has 0 spiro atoms. The summed E-state index contributed by atoms with van der Waals surface area (Å²) >= 11 is 0. The van der Waals surface area contributed by atoms with E-state index in [2.05, 4.69) is 15.6 Å². The quantitative estimate of drug-likeness (QED) is 0.763. The van der Waals surface area contributed by atoms with Gasteiger partial charge in [-0.25, -0.2) is 4.98 Å². The van der Waals surface area contributed by atoms with E-state index in [4.69, 9.17) is 5.73 Å². The fraction of sp³-hybridized carbons (Fsp3) is 0.600. The molecule has 1 atom stereocenters. The number of nitrogens with zero attached hydrogens (tertiary/aromatic N) is 1. The molecular formula is C15H24N4O. The van der Waals surface area contributed by atoms with E-state index in [1.54, 1.807) is 0 Å². The Morgan fingerprint density at radius 2 is 2.35 bits per heavy atom. The van der Waals surface area contributed by atoms with Crippen LogP contribution in [-0.2, 0) is 0 Å². The SMILES string of the molecule is Cc1cc(C)c(C(N)=O)c(NCCC2CCCNC2)n1. The Morgan fingerprint density at radius 3 is 3.00 bits per heavy atom. The van der Waals surface area contributed by atoms with Crippen LogP contribution < -0.4 is 16.4 Å². The van der Waals surface area contributed by atoms with E-state index in [1.807, 2.05) is 19.9 Å². The zero-order valence-electron chi connectivity index (χ0n) is 12.3. The number of aryl methyl sites for hydroxylation is 2. The van der Waals surface area contributed by atoms with Crippen LogP contribution in [0, 0.1) is 19.8 Å². The van der Waals surface area contributed by atoms with Crippen molar-refractivity contribution in [2.45, 2.75) is 33.1 Å². The summed E-state index contributed by atoms with van der Waals surface area (Å²) < 4.78 is 0. The molecule has 4 N–H and O–H groups in total. The summed E-state index contributed by atoms with van der Waals surface area (Å²) in [4.78, 5) is 16.0. The number of piperidine rings is 1. The number of nitrogens with two attached hydrogens (primary N) is 1. The lowest BCUT2D eigenvalue weighted by atomic mass is 9.96. The molecule has 1 unspecified atom stereocenters. The number of hydrogen-bond donors (Lipinski definition) is 3. The standard InChI is InChI=1S/C15H24N4O/c1-10-8-11(2)19-15(13(10)14(16)20)18-7-5-12-4-3-6-17-9-12/h8,12,17H,3-7,9H2,1-2H3,(H2,16,20)(H,18,19). The average Bonchev–Trinajstić information content (AvgIpc) is 2.38. The van der Waals surface area contributed by atoms with Crippen LogP contribution in [0.1, 0.15) is 40.9 Å². The average molecular weight is 276 g/mol. The third kappa shape index (κ3) is 3.70. The summed E-state index contributed by atoms with van der Waals surface area (Å²) in [7, 11) is 0. The first-order valence-corrected chi connectivity index (χ1v) is 7.30. The maximum absolute atomic E-state index is 11.6. The van der Waals surface area contributed by atoms with Gasteiger partial charge in [-0.2, -0.15) is 0 Å². The highest BCUT2D eigenvalue weighted by molar-refractivity contribution is 5.99. The molecule has 2 rings (SSSR count). The van der Waals surface area contributed by atoms with Crippen LogP contribution in [0.2, 0.25) is 0 Å². The van der Waals surface area contributed by atoms with Crippen molar-refractivity contribution in [3.05, 3.63) is 22.9 Å². The van der Waals surface area contributed by atoms with Crippen LogP contribution in [0.5, 0.6) is 0 Å². The van der Waals surface area contributed by atoms with Crippen LogP contribution in [0.15, 0.2) is 6.07 Å². The molecule has 1 aromatic rings. The van der Waals surface area contributed by atoms with Gasteiger partial charge in [-0.05, 0) is 63.7 Å². The topological polar surface area (TPSA) is 80.0 Å². The number of hydrogen-bond acceptors (Lipinski definition) is 4. The summed E-state index contributed by atoms with van der Waals surface area (Å²) in [6.07, 6.45) is 3.61. The molecule has 1 aliphatic rings. The highest BCUT2D eigenvalue weighted by Crippen LogP contribution is 2.19. The van der Waals surface area contributed by atoms with Gasteiger partial charge in [0.1, 0.15) is 5.82 Å². The van der Waals surface area contributed by atoms with Gasteiger partial charge in [0.25, 0.3) is 5.91 Å². The van der Waals surface area contributed by atoms with Crippen molar-refractivity contribution in [3.63, 3.8) is 0 Å². The number of pyridine rings is 1. The van der Waals surface area contributed by atoms with Gasteiger partial charge in [0, 0.05) is 12.2 Å². The fourth-order valence-electron chi connectivity index (χ4n) is 2.84. The van der Waals surface area contributed by atoms with E-state index in [0.717, 1.165) is 37.3 Å². The van der Waals surface area contributed by atoms with Crippen LogP contribution in [0.25, 0.3) is 0 Å². The maximum Gasteiger partial charge on any atom is 0.252 e. The minimum Gasteiger partial charge on any atom is -0.369 e. The first-order chi connectivity index (χ1) is 9.58. The fourth-order valence-corrected chi connectivity index (χ4v) is 2.84. The molecular weight excluding hydrogens is 252 g/mol. The van der Waals surface area contributed by atoms with Crippen molar-refractivity contribution in [1.29, 1.82) is 0 Å². The molecule has 110 valence electrons. The van der Waals surface area contributed by atoms with E-state index in [9.17, 15) is 4.79 Å². The highest BCUT2D eigenvalue weighted by Gasteiger charge is 2.15.